The fourth-order valence-electron chi connectivity index (χ4n) is 3.03. The quantitative estimate of drug-likeness (QED) is 0.153. The number of ketones is 1. The number of Topliss-reactive ketones (excluding diaryl/α,β-unsaturated/α-hetero) is 1. The first-order valence-corrected chi connectivity index (χ1v) is 11.2. The summed E-state index contributed by atoms with van der Waals surface area (Å²) in [6, 6.07) is 21.9. The van der Waals surface area contributed by atoms with Crippen molar-refractivity contribution in [2.45, 2.75) is 5.16 Å². The predicted molar refractivity (Wildman–Crippen MR) is 128 cm³/mol. The van der Waals surface area contributed by atoms with Gasteiger partial charge >= 0.3 is 0 Å². The molecule has 0 fully saturated rings. The lowest BCUT2D eigenvalue weighted by Crippen LogP contribution is -2.22. The molecule has 0 saturated heterocycles. The third-order valence-electron chi connectivity index (χ3n) is 4.56. The van der Waals surface area contributed by atoms with Crippen molar-refractivity contribution in [3.63, 3.8) is 0 Å². The second-order valence-electron chi connectivity index (χ2n) is 6.47. The number of benzene rings is 3. The van der Waals surface area contributed by atoms with Gasteiger partial charge in [-0.1, -0.05) is 42.1 Å². The number of nitrogens with zero attached hydrogens (tertiary/aromatic N) is 2. The van der Waals surface area contributed by atoms with Gasteiger partial charge in [0.15, 0.2) is 10.9 Å². The maximum Gasteiger partial charge on any atom is 0.266 e. The zero-order valence-electron chi connectivity index (χ0n) is 16.0. The number of aromatic nitrogens is 2. The Bertz CT molecular complexity index is 1270. The molecule has 4 aromatic rings. The molecular weight excluding hydrogens is 511 g/mol. The van der Waals surface area contributed by atoms with Crippen LogP contribution in [0.2, 0.25) is 0 Å². The largest absolute Gasteiger partial charge is 0.497 e. The SMILES string of the molecule is COc1ccc(-n2c(SCC(=O)c3ccccc3)nc3ccc(I)cc3c2=O)cc1. The molecule has 4 rings (SSSR count). The molecule has 3 aromatic carbocycles. The average Bonchev–Trinajstić information content (AvgIpc) is 2.79. The van der Waals surface area contributed by atoms with Gasteiger partial charge in [-0.25, -0.2) is 4.98 Å². The van der Waals surface area contributed by atoms with Crippen molar-refractivity contribution in [2.24, 2.45) is 0 Å². The Hall–Kier alpha value is -2.65. The Morgan fingerprint density at radius 3 is 2.50 bits per heavy atom. The number of halogens is 1. The van der Waals surface area contributed by atoms with E-state index < -0.39 is 0 Å². The van der Waals surface area contributed by atoms with Crippen molar-refractivity contribution < 1.29 is 9.53 Å². The zero-order valence-corrected chi connectivity index (χ0v) is 19.0. The number of methoxy groups -OCH3 is 1. The second kappa shape index (κ2) is 9.01. The molecule has 0 spiro atoms. The molecule has 0 amide bonds. The van der Waals surface area contributed by atoms with Crippen LogP contribution < -0.4 is 10.3 Å². The third-order valence-corrected chi connectivity index (χ3v) is 6.17. The molecule has 1 heterocycles. The molecule has 30 heavy (non-hydrogen) atoms. The number of hydrogen-bond donors (Lipinski definition) is 0. The van der Waals surface area contributed by atoms with Crippen molar-refractivity contribution in [1.82, 2.24) is 9.55 Å². The van der Waals surface area contributed by atoms with E-state index in [-0.39, 0.29) is 17.1 Å². The minimum Gasteiger partial charge on any atom is -0.497 e. The molecule has 5 nitrogen and oxygen atoms in total. The van der Waals surface area contributed by atoms with Gasteiger partial charge in [-0.05, 0) is 65.1 Å². The van der Waals surface area contributed by atoms with Gasteiger partial charge in [-0.2, -0.15) is 0 Å². The molecule has 1 aromatic heterocycles. The van der Waals surface area contributed by atoms with Gasteiger partial charge in [0.05, 0.1) is 29.5 Å². The number of carbonyl (C=O) groups is 1. The molecule has 0 saturated carbocycles. The number of ether oxygens (including phenoxy) is 1. The maximum atomic E-state index is 13.4. The van der Waals surface area contributed by atoms with E-state index in [1.165, 1.54) is 11.8 Å². The molecule has 150 valence electrons. The molecule has 0 aliphatic rings. The first-order chi connectivity index (χ1) is 14.6. The molecule has 0 unspecified atom stereocenters. The summed E-state index contributed by atoms with van der Waals surface area (Å²) in [5.74, 6) is 0.866. The fourth-order valence-corrected chi connectivity index (χ4v) is 4.43. The number of rotatable bonds is 6. The summed E-state index contributed by atoms with van der Waals surface area (Å²) in [5.41, 5.74) is 1.75. The van der Waals surface area contributed by atoms with Gasteiger partial charge in [0, 0.05) is 9.13 Å². The van der Waals surface area contributed by atoms with Crippen LogP contribution in [0.15, 0.2) is 82.7 Å². The van der Waals surface area contributed by atoms with E-state index in [1.807, 2.05) is 48.5 Å². The molecule has 0 aliphatic heterocycles. The highest BCUT2D eigenvalue weighted by atomic mass is 127. The van der Waals surface area contributed by atoms with Crippen LogP contribution in [0.5, 0.6) is 5.75 Å². The molecule has 7 heteroatoms. The van der Waals surface area contributed by atoms with Crippen LogP contribution in [0.4, 0.5) is 0 Å². The van der Waals surface area contributed by atoms with E-state index in [1.54, 1.807) is 35.9 Å². The minimum absolute atomic E-state index is 0.0150. The van der Waals surface area contributed by atoms with Gasteiger partial charge in [-0.3, -0.25) is 14.2 Å². The lowest BCUT2D eigenvalue weighted by Gasteiger charge is -2.13. The highest BCUT2D eigenvalue weighted by Gasteiger charge is 2.16. The number of carbonyl (C=O) groups excluding carboxylic acids is 1. The van der Waals surface area contributed by atoms with Crippen LogP contribution in [0.25, 0.3) is 16.6 Å². The summed E-state index contributed by atoms with van der Waals surface area (Å²) in [6.45, 7) is 0. The molecule has 0 aliphatic carbocycles. The van der Waals surface area contributed by atoms with E-state index in [0.717, 1.165) is 3.57 Å². The Morgan fingerprint density at radius 2 is 1.80 bits per heavy atom. The second-order valence-corrected chi connectivity index (χ2v) is 8.66. The monoisotopic (exact) mass is 528 g/mol. The standard InChI is InChI=1S/C23H17IN2O3S/c1-29-18-10-8-17(9-11-18)26-22(28)19-13-16(24)7-12-20(19)25-23(26)30-14-21(27)15-5-3-2-4-6-15/h2-13H,14H2,1H3. The van der Waals surface area contributed by atoms with E-state index in [9.17, 15) is 9.59 Å². The van der Waals surface area contributed by atoms with Gasteiger partial charge in [0.1, 0.15) is 5.75 Å². The van der Waals surface area contributed by atoms with Crippen LogP contribution >= 0.6 is 34.4 Å². The van der Waals surface area contributed by atoms with Crippen molar-refractivity contribution >= 4 is 51.0 Å². The molecule has 0 atom stereocenters. The van der Waals surface area contributed by atoms with Gasteiger partial charge in [-0.15, -0.1) is 0 Å². The smallest absolute Gasteiger partial charge is 0.266 e. The number of hydrogen-bond acceptors (Lipinski definition) is 5. The van der Waals surface area contributed by atoms with Gasteiger partial charge in [0.25, 0.3) is 5.56 Å². The number of fused-ring (bicyclic) bond motifs is 1. The van der Waals surface area contributed by atoms with Crippen LogP contribution in [-0.2, 0) is 0 Å². The average molecular weight is 528 g/mol. The van der Waals surface area contributed by atoms with Crippen molar-refractivity contribution in [3.8, 4) is 11.4 Å². The summed E-state index contributed by atoms with van der Waals surface area (Å²) >= 11 is 3.44. The molecule has 0 bridgehead atoms. The molecule has 0 N–H and O–H groups in total. The first-order valence-electron chi connectivity index (χ1n) is 9.14. The zero-order chi connectivity index (χ0) is 21.1. The lowest BCUT2D eigenvalue weighted by atomic mass is 10.2. The van der Waals surface area contributed by atoms with E-state index in [4.69, 9.17) is 9.72 Å². The summed E-state index contributed by atoms with van der Waals surface area (Å²) < 4.78 is 7.74. The predicted octanol–water partition coefficient (Wildman–Crippen LogP) is 4.97. The first kappa shape index (κ1) is 20.6. The number of thioether (sulfide) groups is 1. The maximum absolute atomic E-state index is 13.4. The summed E-state index contributed by atoms with van der Waals surface area (Å²) in [7, 11) is 1.59. The van der Waals surface area contributed by atoms with Gasteiger partial charge in [0.2, 0.25) is 0 Å². The molecular formula is C23H17IN2O3S. The van der Waals surface area contributed by atoms with Crippen LogP contribution in [0.3, 0.4) is 0 Å². The third kappa shape index (κ3) is 4.27. The van der Waals surface area contributed by atoms with E-state index >= 15 is 0 Å². The van der Waals surface area contributed by atoms with E-state index in [2.05, 4.69) is 22.6 Å². The Kier molecular flexibility index (Phi) is 6.19. The van der Waals surface area contributed by atoms with Crippen molar-refractivity contribution in [2.75, 3.05) is 12.9 Å². The Balaban J connectivity index is 1.79. The van der Waals surface area contributed by atoms with Crippen molar-refractivity contribution in [1.29, 1.82) is 0 Å². The van der Waals surface area contributed by atoms with Crippen LogP contribution in [-0.4, -0.2) is 28.2 Å². The summed E-state index contributed by atoms with van der Waals surface area (Å²) in [5, 5.41) is 1.01. The Labute approximate surface area is 191 Å². The van der Waals surface area contributed by atoms with Crippen LogP contribution in [0, 0.1) is 3.57 Å². The summed E-state index contributed by atoms with van der Waals surface area (Å²) in [6.07, 6.45) is 0. The van der Waals surface area contributed by atoms with Gasteiger partial charge < -0.3 is 4.74 Å². The fraction of sp³-hybridized carbons (Fsp3) is 0.0870. The highest BCUT2D eigenvalue weighted by molar-refractivity contribution is 14.1. The van der Waals surface area contributed by atoms with Crippen molar-refractivity contribution in [3.05, 3.63) is 92.3 Å². The normalized spacial score (nSPS) is 10.9. The van der Waals surface area contributed by atoms with Crippen LogP contribution in [0.1, 0.15) is 10.4 Å². The van der Waals surface area contributed by atoms with E-state index in [0.29, 0.717) is 33.1 Å². The Morgan fingerprint density at radius 1 is 1.07 bits per heavy atom. The lowest BCUT2D eigenvalue weighted by molar-refractivity contribution is 0.102. The molecule has 0 radical (unpaired) electrons. The summed E-state index contributed by atoms with van der Waals surface area (Å²) in [4.78, 5) is 30.7. The minimum atomic E-state index is -0.168. The topological polar surface area (TPSA) is 61.2 Å². The highest BCUT2D eigenvalue weighted by Crippen LogP contribution is 2.24.